The molecule has 3 heteroatoms. The molecule has 1 fully saturated rings. The maximum Gasteiger partial charge on any atom is 0.457 e. The first-order valence-corrected chi connectivity index (χ1v) is 11.2. The van der Waals surface area contributed by atoms with E-state index in [-0.39, 0.29) is 18.3 Å². The third-order valence-corrected chi connectivity index (χ3v) is 6.10. The van der Waals surface area contributed by atoms with E-state index in [1.807, 2.05) is 0 Å². The van der Waals surface area contributed by atoms with E-state index in [0.717, 1.165) is 6.32 Å². The lowest BCUT2D eigenvalue weighted by Gasteiger charge is -2.32. The van der Waals surface area contributed by atoms with Crippen LogP contribution in [-0.2, 0) is 9.31 Å². The van der Waals surface area contributed by atoms with Crippen LogP contribution in [0.5, 0.6) is 0 Å². The Hall–Kier alpha value is -0.0151. The van der Waals surface area contributed by atoms with E-state index >= 15 is 0 Å². The highest BCUT2D eigenvalue weighted by Crippen LogP contribution is 2.38. The molecule has 0 bridgehead atoms. The number of hydrogen-bond donors (Lipinski definition) is 0. The average Bonchev–Trinajstić information content (AvgIpc) is 2.75. The SMILES string of the molecule is CCCCCCCCCCCCCCCCB1OC(C)(C)C(C)(C)O1. The van der Waals surface area contributed by atoms with Crippen molar-refractivity contribution in [3.05, 3.63) is 0 Å². The molecule has 0 saturated carbocycles. The molecule has 0 radical (unpaired) electrons. The fourth-order valence-electron chi connectivity index (χ4n) is 3.59. The van der Waals surface area contributed by atoms with Crippen LogP contribution >= 0.6 is 0 Å². The second-order valence-electron chi connectivity index (χ2n) is 9.07. The molecule has 0 aromatic heterocycles. The smallest absolute Gasteiger partial charge is 0.403 e. The zero-order valence-corrected chi connectivity index (χ0v) is 18.0. The quantitative estimate of drug-likeness (QED) is 0.224. The molecule has 0 spiro atoms. The first-order chi connectivity index (χ1) is 11.9. The highest BCUT2D eigenvalue weighted by Gasteiger charge is 2.50. The Labute approximate surface area is 159 Å². The Morgan fingerprint density at radius 1 is 0.520 bits per heavy atom. The van der Waals surface area contributed by atoms with Crippen molar-refractivity contribution in [2.24, 2.45) is 0 Å². The van der Waals surface area contributed by atoms with Crippen molar-refractivity contribution in [3.8, 4) is 0 Å². The van der Waals surface area contributed by atoms with E-state index in [0.29, 0.717) is 0 Å². The van der Waals surface area contributed by atoms with E-state index < -0.39 is 0 Å². The van der Waals surface area contributed by atoms with Crippen LogP contribution in [0.3, 0.4) is 0 Å². The standard InChI is InChI=1S/C22H45BO2/c1-6-7-8-9-10-11-12-13-14-15-16-17-18-19-20-23-24-21(2,3)22(4,5)25-23/h6-20H2,1-5H3. The maximum atomic E-state index is 6.06. The molecule has 0 unspecified atom stereocenters. The summed E-state index contributed by atoms with van der Waals surface area (Å²) in [4.78, 5) is 0. The third-order valence-electron chi connectivity index (χ3n) is 6.10. The van der Waals surface area contributed by atoms with Crippen LogP contribution in [0.1, 0.15) is 125 Å². The Bertz CT molecular complexity index is 312. The van der Waals surface area contributed by atoms with Gasteiger partial charge in [0, 0.05) is 0 Å². The van der Waals surface area contributed by atoms with E-state index in [9.17, 15) is 0 Å². The predicted molar refractivity (Wildman–Crippen MR) is 111 cm³/mol. The Kier molecular flexibility index (Phi) is 11.4. The van der Waals surface area contributed by atoms with Gasteiger partial charge < -0.3 is 9.31 Å². The highest BCUT2D eigenvalue weighted by atomic mass is 16.7. The zero-order chi connectivity index (χ0) is 18.6. The largest absolute Gasteiger partial charge is 0.457 e. The van der Waals surface area contributed by atoms with Crippen LogP contribution in [-0.4, -0.2) is 18.3 Å². The summed E-state index contributed by atoms with van der Waals surface area (Å²) in [6.07, 6.45) is 20.7. The minimum absolute atomic E-state index is 0.00215. The van der Waals surface area contributed by atoms with Gasteiger partial charge in [-0.15, -0.1) is 0 Å². The van der Waals surface area contributed by atoms with Gasteiger partial charge >= 0.3 is 7.12 Å². The third kappa shape index (κ3) is 9.47. The molecule has 0 aliphatic carbocycles. The summed E-state index contributed by atoms with van der Waals surface area (Å²) < 4.78 is 12.1. The first kappa shape index (κ1) is 23.0. The summed E-state index contributed by atoms with van der Waals surface area (Å²) in [5.41, 5.74) is -0.346. The van der Waals surface area contributed by atoms with Gasteiger partial charge in [0.2, 0.25) is 0 Å². The fraction of sp³-hybridized carbons (Fsp3) is 1.00. The highest BCUT2D eigenvalue weighted by molar-refractivity contribution is 6.45. The first-order valence-electron chi connectivity index (χ1n) is 11.2. The molecule has 0 aromatic rings. The van der Waals surface area contributed by atoms with Crippen molar-refractivity contribution in [2.45, 2.75) is 142 Å². The molecule has 1 saturated heterocycles. The van der Waals surface area contributed by atoms with E-state index in [1.54, 1.807) is 0 Å². The van der Waals surface area contributed by atoms with Crippen molar-refractivity contribution in [2.75, 3.05) is 0 Å². The lowest BCUT2D eigenvalue weighted by molar-refractivity contribution is 0.00578. The molecule has 148 valence electrons. The summed E-state index contributed by atoms with van der Waals surface area (Å²) in [6.45, 7) is 10.8. The van der Waals surface area contributed by atoms with Gasteiger partial charge in [0.05, 0.1) is 11.2 Å². The molecule has 25 heavy (non-hydrogen) atoms. The van der Waals surface area contributed by atoms with Gasteiger partial charge in [-0.05, 0) is 34.0 Å². The van der Waals surface area contributed by atoms with Crippen molar-refractivity contribution in [3.63, 3.8) is 0 Å². The van der Waals surface area contributed by atoms with Crippen molar-refractivity contribution < 1.29 is 9.31 Å². The predicted octanol–water partition coefficient (Wildman–Crippen LogP) is 7.56. The van der Waals surface area contributed by atoms with Crippen LogP contribution in [0.4, 0.5) is 0 Å². The summed E-state index contributed by atoms with van der Waals surface area (Å²) in [6, 6.07) is 0. The molecule has 1 heterocycles. The summed E-state index contributed by atoms with van der Waals surface area (Å²) >= 11 is 0. The van der Waals surface area contributed by atoms with Gasteiger partial charge in [0.1, 0.15) is 0 Å². The van der Waals surface area contributed by atoms with E-state index in [4.69, 9.17) is 9.31 Å². The molecule has 0 atom stereocenters. The second-order valence-corrected chi connectivity index (χ2v) is 9.07. The lowest BCUT2D eigenvalue weighted by Crippen LogP contribution is -2.41. The number of hydrogen-bond acceptors (Lipinski definition) is 2. The van der Waals surface area contributed by atoms with Crippen molar-refractivity contribution >= 4 is 7.12 Å². The topological polar surface area (TPSA) is 18.5 Å². The van der Waals surface area contributed by atoms with Crippen molar-refractivity contribution in [1.82, 2.24) is 0 Å². The minimum atomic E-state index is -0.173. The molecule has 1 aliphatic rings. The van der Waals surface area contributed by atoms with Crippen LogP contribution < -0.4 is 0 Å². The van der Waals surface area contributed by atoms with Crippen molar-refractivity contribution in [1.29, 1.82) is 0 Å². The van der Waals surface area contributed by atoms with Gasteiger partial charge in [-0.25, -0.2) is 0 Å². The molecular weight excluding hydrogens is 307 g/mol. The summed E-state index contributed by atoms with van der Waals surface area (Å²) in [7, 11) is 0.00215. The Morgan fingerprint density at radius 3 is 1.20 bits per heavy atom. The molecule has 0 aromatic carbocycles. The van der Waals surface area contributed by atoms with E-state index in [2.05, 4.69) is 34.6 Å². The molecule has 1 rings (SSSR count). The van der Waals surface area contributed by atoms with Gasteiger partial charge in [0.15, 0.2) is 0 Å². The van der Waals surface area contributed by atoms with E-state index in [1.165, 1.54) is 89.9 Å². The van der Waals surface area contributed by atoms with Crippen LogP contribution in [0.15, 0.2) is 0 Å². The minimum Gasteiger partial charge on any atom is -0.403 e. The molecule has 2 nitrogen and oxygen atoms in total. The van der Waals surface area contributed by atoms with Crippen LogP contribution in [0.2, 0.25) is 6.32 Å². The molecule has 1 aliphatic heterocycles. The molecule has 0 amide bonds. The van der Waals surface area contributed by atoms with Gasteiger partial charge in [-0.1, -0.05) is 96.8 Å². The molecular formula is C22H45BO2. The van der Waals surface area contributed by atoms with Crippen LogP contribution in [0, 0.1) is 0 Å². The van der Waals surface area contributed by atoms with Gasteiger partial charge in [-0.3, -0.25) is 0 Å². The Morgan fingerprint density at radius 2 is 0.840 bits per heavy atom. The fourth-order valence-corrected chi connectivity index (χ4v) is 3.59. The molecule has 0 N–H and O–H groups in total. The summed E-state index contributed by atoms with van der Waals surface area (Å²) in [5, 5.41) is 0. The van der Waals surface area contributed by atoms with Gasteiger partial charge in [0.25, 0.3) is 0 Å². The number of unbranched alkanes of at least 4 members (excludes halogenated alkanes) is 13. The maximum absolute atomic E-state index is 6.06. The normalized spacial score (nSPS) is 18.8. The summed E-state index contributed by atoms with van der Waals surface area (Å²) in [5.74, 6) is 0. The zero-order valence-electron chi connectivity index (χ0n) is 18.0. The average molecular weight is 352 g/mol. The van der Waals surface area contributed by atoms with Gasteiger partial charge in [-0.2, -0.15) is 0 Å². The lowest BCUT2D eigenvalue weighted by atomic mass is 9.82. The van der Waals surface area contributed by atoms with Crippen LogP contribution in [0.25, 0.3) is 0 Å². The monoisotopic (exact) mass is 352 g/mol. The second kappa shape index (κ2) is 12.4. The Balaban J connectivity index is 1.83. The number of rotatable bonds is 15.